The van der Waals surface area contributed by atoms with Crippen molar-refractivity contribution in [2.45, 2.75) is 174 Å². The minimum Gasteiger partial charge on any atom is -0.756 e. The van der Waals surface area contributed by atoms with Crippen LogP contribution < -0.4 is 10.2 Å². The van der Waals surface area contributed by atoms with Gasteiger partial charge in [-0.2, -0.15) is 0 Å². The lowest BCUT2D eigenvalue weighted by molar-refractivity contribution is -0.870. The first-order chi connectivity index (χ1) is 22.5. The zero-order chi connectivity index (χ0) is 35.1. The standard InChI is InChI=1S/C38H75N2O6P/c1-6-8-10-12-14-16-18-20-22-24-26-28-30-32-38(42)39-36(35-46-47(43,44)45-34-33-40(3,4)5)37(41)31-29-27-25-23-21-19-17-15-13-11-9-7-2/h21,23,29,31,36-37,41H,6-20,22,24-28,30,32-35H2,1-5H3,(H-,39,42,43,44)/b23-21+,31-29+. The van der Waals surface area contributed by atoms with Gasteiger partial charge < -0.3 is 28.8 Å². The molecule has 0 aromatic carbocycles. The number of carbonyl (C=O) groups is 1. The van der Waals surface area contributed by atoms with Crippen LogP contribution in [0.15, 0.2) is 24.3 Å². The fourth-order valence-corrected chi connectivity index (χ4v) is 6.01. The number of phosphoric acid groups is 1. The summed E-state index contributed by atoms with van der Waals surface area (Å²) in [6.07, 6.45) is 33.6. The topological polar surface area (TPSA) is 108 Å². The number of phosphoric ester groups is 1. The monoisotopic (exact) mass is 687 g/mol. The molecule has 0 aliphatic carbocycles. The van der Waals surface area contributed by atoms with Crippen LogP contribution in [0.3, 0.4) is 0 Å². The molecule has 0 rings (SSSR count). The van der Waals surface area contributed by atoms with Gasteiger partial charge >= 0.3 is 0 Å². The van der Waals surface area contributed by atoms with Crippen LogP contribution in [-0.2, 0) is 18.4 Å². The third-order valence-corrected chi connectivity index (χ3v) is 9.38. The van der Waals surface area contributed by atoms with E-state index in [0.29, 0.717) is 17.4 Å². The SMILES string of the molecule is CCCCCCCC/C=C/CC/C=C/C(O)C(COP(=O)([O-])OCC[N+](C)(C)C)NC(=O)CCCCCCCCCCCCCCC. The molecule has 0 fully saturated rings. The van der Waals surface area contributed by atoms with E-state index < -0.39 is 20.0 Å². The third-order valence-electron chi connectivity index (χ3n) is 8.41. The number of quaternary nitrogens is 1. The molecule has 47 heavy (non-hydrogen) atoms. The maximum absolute atomic E-state index is 12.7. The highest BCUT2D eigenvalue weighted by Crippen LogP contribution is 2.38. The predicted octanol–water partition coefficient (Wildman–Crippen LogP) is 9.16. The summed E-state index contributed by atoms with van der Waals surface area (Å²) in [5, 5.41) is 13.7. The Morgan fingerprint density at radius 1 is 0.723 bits per heavy atom. The number of hydrogen-bond acceptors (Lipinski definition) is 6. The second kappa shape index (κ2) is 31.0. The maximum Gasteiger partial charge on any atom is 0.268 e. The first kappa shape index (κ1) is 46.0. The molecule has 0 aromatic heterocycles. The summed E-state index contributed by atoms with van der Waals surface area (Å²) in [4.78, 5) is 25.1. The highest BCUT2D eigenvalue weighted by Gasteiger charge is 2.23. The number of nitrogens with zero attached hydrogens (tertiary/aromatic N) is 1. The Balaban J connectivity index is 4.58. The van der Waals surface area contributed by atoms with Crippen LogP contribution in [0.2, 0.25) is 0 Å². The van der Waals surface area contributed by atoms with Crippen LogP contribution in [0.25, 0.3) is 0 Å². The lowest BCUT2D eigenvalue weighted by Gasteiger charge is -2.29. The van der Waals surface area contributed by atoms with Crippen molar-refractivity contribution >= 4 is 13.7 Å². The number of likely N-dealkylation sites (N-methyl/N-ethyl adjacent to an activating group) is 1. The Labute approximate surface area is 290 Å². The first-order valence-electron chi connectivity index (χ1n) is 19.2. The van der Waals surface area contributed by atoms with E-state index in [-0.39, 0.29) is 19.1 Å². The van der Waals surface area contributed by atoms with Crippen molar-refractivity contribution in [1.82, 2.24) is 5.32 Å². The molecule has 0 heterocycles. The van der Waals surface area contributed by atoms with Gasteiger partial charge in [0.1, 0.15) is 13.2 Å². The summed E-state index contributed by atoms with van der Waals surface area (Å²) < 4.78 is 23.0. The number of hydrogen-bond donors (Lipinski definition) is 2. The van der Waals surface area contributed by atoms with Crippen LogP contribution in [0, 0.1) is 0 Å². The predicted molar refractivity (Wildman–Crippen MR) is 196 cm³/mol. The highest BCUT2D eigenvalue weighted by atomic mass is 31.2. The zero-order valence-electron chi connectivity index (χ0n) is 31.2. The maximum atomic E-state index is 12.7. The molecule has 0 radical (unpaired) electrons. The third kappa shape index (κ3) is 33.3. The van der Waals surface area contributed by atoms with E-state index >= 15 is 0 Å². The van der Waals surface area contributed by atoms with Gasteiger partial charge in [-0.05, 0) is 32.1 Å². The van der Waals surface area contributed by atoms with E-state index in [9.17, 15) is 19.4 Å². The van der Waals surface area contributed by atoms with Crippen molar-refractivity contribution in [3.63, 3.8) is 0 Å². The minimum atomic E-state index is -4.58. The lowest BCUT2D eigenvalue weighted by atomic mass is 10.0. The van der Waals surface area contributed by atoms with Crippen LogP contribution in [0.4, 0.5) is 0 Å². The molecule has 3 unspecified atom stereocenters. The zero-order valence-corrected chi connectivity index (χ0v) is 32.1. The van der Waals surface area contributed by atoms with Gasteiger partial charge in [-0.3, -0.25) is 9.36 Å². The Morgan fingerprint density at radius 3 is 1.72 bits per heavy atom. The van der Waals surface area contributed by atoms with Crippen molar-refractivity contribution in [2.24, 2.45) is 0 Å². The molecule has 0 aromatic rings. The summed E-state index contributed by atoms with van der Waals surface area (Å²) in [7, 11) is 1.24. The van der Waals surface area contributed by atoms with Crippen molar-refractivity contribution < 1.29 is 32.9 Å². The van der Waals surface area contributed by atoms with Crippen LogP contribution in [0.5, 0.6) is 0 Å². The van der Waals surface area contributed by atoms with E-state index in [0.717, 1.165) is 38.5 Å². The van der Waals surface area contributed by atoms with E-state index in [1.807, 2.05) is 27.2 Å². The second-order valence-electron chi connectivity index (χ2n) is 14.3. The van der Waals surface area contributed by atoms with E-state index in [1.54, 1.807) is 6.08 Å². The number of unbranched alkanes of at least 4 members (excludes halogenated alkanes) is 19. The first-order valence-corrected chi connectivity index (χ1v) is 20.7. The molecule has 0 spiro atoms. The average molecular weight is 687 g/mol. The molecule has 278 valence electrons. The van der Waals surface area contributed by atoms with E-state index in [1.165, 1.54) is 103 Å². The summed E-state index contributed by atoms with van der Waals surface area (Å²) in [6, 6.07) is -0.895. The van der Waals surface area contributed by atoms with Crippen LogP contribution in [-0.4, -0.2) is 68.5 Å². The van der Waals surface area contributed by atoms with Gasteiger partial charge in [-0.15, -0.1) is 0 Å². The Hall–Kier alpha value is -1.02. The number of amides is 1. The van der Waals surface area contributed by atoms with Crippen molar-refractivity contribution in [3.8, 4) is 0 Å². The van der Waals surface area contributed by atoms with Gasteiger partial charge in [-0.1, -0.05) is 147 Å². The number of carbonyl (C=O) groups excluding carboxylic acids is 1. The fraction of sp³-hybridized carbons (Fsp3) is 0.868. The van der Waals surface area contributed by atoms with Gasteiger partial charge in [-0.25, -0.2) is 0 Å². The number of nitrogens with one attached hydrogen (secondary N) is 1. The normalized spacial score (nSPS) is 15.0. The van der Waals surface area contributed by atoms with Gasteiger partial charge in [0.2, 0.25) is 5.91 Å². The molecule has 0 saturated carbocycles. The summed E-state index contributed by atoms with van der Waals surface area (Å²) in [5.41, 5.74) is 0. The Morgan fingerprint density at radius 2 is 1.19 bits per heavy atom. The Kier molecular flexibility index (Phi) is 30.3. The number of allylic oxidation sites excluding steroid dienone is 3. The average Bonchev–Trinajstić information content (AvgIpc) is 3.01. The molecule has 0 saturated heterocycles. The smallest absolute Gasteiger partial charge is 0.268 e. The summed E-state index contributed by atoms with van der Waals surface area (Å²) in [5.74, 6) is -0.210. The molecular formula is C38H75N2O6P. The number of rotatable bonds is 34. The molecule has 9 heteroatoms. The quantitative estimate of drug-likeness (QED) is 0.0303. The lowest BCUT2D eigenvalue weighted by Crippen LogP contribution is -2.45. The number of aliphatic hydroxyl groups excluding tert-OH is 1. The largest absolute Gasteiger partial charge is 0.756 e. The summed E-state index contributed by atoms with van der Waals surface area (Å²) >= 11 is 0. The number of aliphatic hydroxyl groups is 1. The summed E-state index contributed by atoms with van der Waals surface area (Å²) in [6.45, 7) is 4.58. The molecular weight excluding hydrogens is 611 g/mol. The van der Waals surface area contributed by atoms with Crippen molar-refractivity contribution in [2.75, 3.05) is 40.9 Å². The van der Waals surface area contributed by atoms with Gasteiger partial charge in [0.25, 0.3) is 7.82 Å². The van der Waals surface area contributed by atoms with Crippen molar-refractivity contribution in [1.29, 1.82) is 0 Å². The van der Waals surface area contributed by atoms with Gasteiger partial charge in [0, 0.05) is 6.42 Å². The molecule has 2 N–H and O–H groups in total. The minimum absolute atomic E-state index is 0.00478. The van der Waals surface area contributed by atoms with Crippen LogP contribution >= 0.6 is 7.82 Å². The van der Waals surface area contributed by atoms with E-state index in [2.05, 4.69) is 31.3 Å². The van der Waals surface area contributed by atoms with Crippen molar-refractivity contribution in [3.05, 3.63) is 24.3 Å². The molecule has 8 nitrogen and oxygen atoms in total. The second-order valence-corrected chi connectivity index (χ2v) is 15.7. The highest BCUT2D eigenvalue weighted by molar-refractivity contribution is 7.45. The molecule has 0 aliphatic heterocycles. The molecule has 0 bridgehead atoms. The molecule has 1 amide bonds. The fourth-order valence-electron chi connectivity index (χ4n) is 5.28. The van der Waals surface area contributed by atoms with Gasteiger partial charge in [0.15, 0.2) is 0 Å². The molecule has 0 aliphatic rings. The Bertz CT molecular complexity index is 829. The molecule has 3 atom stereocenters. The van der Waals surface area contributed by atoms with Gasteiger partial charge in [0.05, 0.1) is 39.9 Å². The van der Waals surface area contributed by atoms with Crippen LogP contribution in [0.1, 0.15) is 162 Å². The van der Waals surface area contributed by atoms with E-state index in [4.69, 9.17) is 9.05 Å².